The van der Waals surface area contributed by atoms with Crippen molar-refractivity contribution in [2.75, 3.05) is 5.32 Å². The first kappa shape index (κ1) is 7.87. The van der Waals surface area contributed by atoms with E-state index in [1.54, 1.807) is 6.20 Å². The van der Waals surface area contributed by atoms with E-state index in [-0.39, 0.29) is 0 Å². The fraction of sp³-hybridized carbons (Fsp3) is 0.444. The lowest BCUT2D eigenvalue weighted by molar-refractivity contribution is 1.13. The van der Waals surface area contributed by atoms with Crippen LogP contribution in [0.25, 0.3) is 0 Å². The number of nitrogens with one attached hydrogen (secondary N) is 1. The van der Waals surface area contributed by atoms with Crippen molar-refractivity contribution in [3.8, 4) is 0 Å². The maximum Gasteiger partial charge on any atom is 0.152 e. The van der Waals surface area contributed by atoms with Gasteiger partial charge in [-0.1, -0.05) is 11.6 Å². The van der Waals surface area contributed by atoms with Gasteiger partial charge in [0.15, 0.2) is 5.15 Å². The molecule has 1 N–H and O–H groups in total. The highest BCUT2D eigenvalue weighted by atomic mass is 35.5. The van der Waals surface area contributed by atoms with E-state index in [1.165, 1.54) is 12.8 Å². The summed E-state index contributed by atoms with van der Waals surface area (Å²) in [5.41, 5.74) is 2.11. The van der Waals surface area contributed by atoms with Gasteiger partial charge < -0.3 is 5.32 Å². The molecule has 0 radical (unpaired) electrons. The van der Waals surface area contributed by atoms with Gasteiger partial charge in [-0.2, -0.15) is 0 Å². The maximum absolute atomic E-state index is 5.89. The molecule has 1 aliphatic carbocycles. The number of anilines is 1. The first-order chi connectivity index (χ1) is 5.75. The lowest BCUT2D eigenvalue weighted by Gasteiger charge is -2.06. The number of halogens is 1. The summed E-state index contributed by atoms with van der Waals surface area (Å²) in [7, 11) is 0. The first-order valence-electron chi connectivity index (χ1n) is 4.14. The molecule has 1 aromatic rings. The first-order valence-corrected chi connectivity index (χ1v) is 4.52. The smallest absolute Gasteiger partial charge is 0.152 e. The molecule has 3 heteroatoms. The molecule has 0 saturated heterocycles. The van der Waals surface area contributed by atoms with Crippen LogP contribution in [0.1, 0.15) is 18.4 Å². The molecule has 64 valence electrons. The van der Waals surface area contributed by atoms with E-state index in [0.29, 0.717) is 11.2 Å². The van der Waals surface area contributed by atoms with Crippen molar-refractivity contribution < 1.29 is 0 Å². The zero-order valence-electron chi connectivity index (χ0n) is 6.97. The molecule has 1 fully saturated rings. The quantitative estimate of drug-likeness (QED) is 0.712. The third-order valence-corrected chi connectivity index (χ3v) is 2.21. The van der Waals surface area contributed by atoms with Gasteiger partial charge in [-0.25, -0.2) is 4.98 Å². The van der Waals surface area contributed by atoms with Crippen LogP contribution in [0.3, 0.4) is 0 Å². The second-order valence-corrected chi connectivity index (χ2v) is 3.63. The van der Waals surface area contributed by atoms with Crippen LogP contribution in [0.5, 0.6) is 0 Å². The molecule has 0 unspecified atom stereocenters. The Labute approximate surface area is 77.0 Å². The Morgan fingerprint density at radius 3 is 3.00 bits per heavy atom. The number of rotatable bonds is 2. The molecule has 0 spiro atoms. The van der Waals surface area contributed by atoms with Crippen molar-refractivity contribution in [3.05, 3.63) is 23.0 Å². The molecular formula is C9H11ClN2. The molecule has 1 aromatic heterocycles. The monoisotopic (exact) mass is 182 g/mol. The number of hydrogen-bond donors (Lipinski definition) is 1. The van der Waals surface area contributed by atoms with Crippen LogP contribution >= 0.6 is 11.6 Å². The van der Waals surface area contributed by atoms with E-state index in [1.807, 2.05) is 13.0 Å². The average Bonchev–Trinajstić information content (AvgIpc) is 2.81. The Balaban J connectivity index is 2.21. The summed E-state index contributed by atoms with van der Waals surface area (Å²) in [6.07, 6.45) is 4.29. The van der Waals surface area contributed by atoms with Crippen molar-refractivity contribution in [1.29, 1.82) is 0 Å². The van der Waals surface area contributed by atoms with E-state index < -0.39 is 0 Å². The number of pyridine rings is 1. The van der Waals surface area contributed by atoms with Crippen LogP contribution in [0.15, 0.2) is 12.3 Å². The van der Waals surface area contributed by atoms with Crippen LogP contribution in [0.2, 0.25) is 5.15 Å². The summed E-state index contributed by atoms with van der Waals surface area (Å²) in [5, 5.41) is 3.91. The second-order valence-electron chi connectivity index (χ2n) is 3.27. The van der Waals surface area contributed by atoms with Gasteiger partial charge in [-0.3, -0.25) is 0 Å². The Morgan fingerprint density at radius 1 is 1.58 bits per heavy atom. The van der Waals surface area contributed by atoms with Gasteiger partial charge in [0.05, 0.1) is 5.69 Å². The SMILES string of the molecule is Cc1cnc(Cl)c(NC2CC2)c1. The molecule has 1 aliphatic rings. The third kappa shape index (κ3) is 1.69. The van der Waals surface area contributed by atoms with E-state index >= 15 is 0 Å². The molecule has 0 bridgehead atoms. The lowest BCUT2D eigenvalue weighted by Crippen LogP contribution is -2.02. The van der Waals surface area contributed by atoms with Crippen molar-refractivity contribution in [2.24, 2.45) is 0 Å². The fourth-order valence-corrected chi connectivity index (χ4v) is 1.26. The summed E-state index contributed by atoms with van der Waals surface area (Å²) in [5.74, 6) is 0. The molecule has 12 heavy (non-hydrogen) atoms. The molecule has 2 rings (SSSR count). The molecule has 1 heterocycles. The zero-order chi connectivity index (χ0) is 8.55. The van der Waals surface area contributed by atoms with Gasteiger partial charge in [0.25, 0.3) is 0 Å². The molecule has 0 atom stereocenters. The van der Waals surface area contributed by atoms with Crippen molar-refractivity contribution in [2.45, 2.75) is 25.8 Å². The standard InChI is InChI=1S/C9H11ClN2/c1-6-4-8(9(10)11-5-6)12-7-2-3-7/h4-5,7,12H,2-3H2,1H3. The van der Waals surface area contributed by atoms with Crippen LogP contribution in [-0.4, -0.2) is 11.0 Å². The zero-order valence-corrected chi connectivity index (χ0v) is 7.73. The van der Waals surface area contributed by atoms with E-state index in [4.69, 9.17) is 11.6 Å². The number of hydrogen-bond acceptors (Lipinski definition) is 2. The highest BCUT2D eigenvalue weighted by molar-refractivity contribution is 6.32. The molecule has 1 saturated carbocycles. The molecule has 0 aliphatic heterocycles. The van der Waals surface area contributed by atoms with E-state index in [0.717, 1.165) is 11.3 Å². The minimum atomic E-state index is 0.576. The Hall–Kier alpha value is -0.760. The van der Waals surface area contributed by atoms with Crippen LogP contribution in [0.4, 0.5) is 5.69 Å². The molecule has 0 aromatic carbocycles. The summed E-state index contributed by atoms with van der Waals surface area (Å²) in [6, 6.07) is 2.67. The van der Waals surface area contributed by atoms with E-state index in [9.17, 15) is 0 Å². The summed E-state index contributed by atoms with van der Waals surface area (Å²) >= 11 is 5.89. The van der Waals surface area contributed by atoms with Gasteiger partial charge in [-0.15, -0.1) is 0 Å². The predicted octanol–water partition coefficient (Wildman–Crippen LogP) is 2.62. The average molecular weight is 183 g/mol. The number of aromatic nitrogens is 1. The van der Waals surface area contributed by atoms with Crippen molar-refractivity contribution in [1.82, 2.24) is 4.98 Å². The molecular weight excluding hydrogens is 172 g/mol. The third-order valence-electron chi connectivity index (χ3n) is 1.91. The Bertz CT molecular complexity index is 295. The number of aryl methyl sites for hydroxylation is 1. The summed E-state index contributed by atoms with van der Waals surface area (Å²) < 4.78 is 0. The van der Waals surface area contributed by atoms with Crippen molar-refractivity contribution in [3.63, 3.8) is 0 Å². The minimum Gasteiger partial charge on any atom is -0.380 e. The second kappa shape index (κ2) is 2.94. The lowest BCUT2D eigenvalue weighted by atomic mass is 10.3. The van der Waals surface area contributed by atoms with E-state index in [2.05, 4.69) is 10.3 Å². The fourth-order valence-electron chi connectivity index (χ4n) is 1.10. The van der Waals surface area contributed by atoms with Gasteiger partial charge in [0.2, 0.25) is 0 Å². The molecule has 2 nitrogen and oxygen atoms in total. The van der Waals surface area contributed by atoms with Gasteiger partial charge in [-0.05, 0) is 31.4 Å². The Morgan fingerprint density at radius 2 is 2.33 bits per heavy atom. The Kier molecular flexibility index (Phi) is 1.93. The normalized spacial score (nSPS) is 16.2. The van der Waals surface area contributed by atoms with Crippen molar-refractivity contribution >= 4 is 17.3 Å². The minimum absolute atomic E-state index is 0.576. The molecule has 0 amide bonds. The maximum atomic E-state index is 5.89. The predicted molar refractivity (Wildman–Crippen MR) is 50.6 cm³/mol. The topological polar surface area (TPSA) is 24.9 Å². The van der Waals surface area contributed by atoms with Gasteiger partial charge in [0.1, 0.15) is 0 Å². The summed E-state index contributed by atoms with van der Waals surface area (Å²) in [4.78, 5) is 4.06. The van der Waals surface area contributed by atoms with Gasteiger partial charge in [0, 0.05) is 12.2 Å². The largest absolute Gasteiger partial charge is 0.380 e. The number of nitrogens with zero attached hydrogens (tertiary/aromatic N) is 1. The highest BCUT2D eigenvalue weighted by Crippen LogP contribution is 2.28. The van der Waals surface area contributed by atoms with Crippen LogP contribution < -0.4 is 5.32 Å². The highest BCUT2D eigenvalue weighted by Gasteiger charge is 2.21. The van der Waals surface area contributed by atoms with Gasteiger partial charge >= 0.3 is 0 Å². The van der Waals surface area contributed by atoms with Crippen LogP contribution in [-0.2, 0) is 0 Å². The van der Waals surface area contributed by atoms with Crippen LogP contribution in [0, 0.1) is 6.92 Å². The summed E-state index contributed by atoms with van der Waals surface area (Å²) in [6.45, 7) is 2.02.